The number of nitrogens with zero attached hydrogens (tertiary/aromatic N) is 3. The van der Waals surface area contributed by atoms with E-state index in [9.17, 15) is 0 Å². The Morgan fingerprint density at radius 1 is 1.00 bits per heavy atom. The Morgan fingerprint density at radius 3 is 2.50 bits per heavy atom. The van der Waals surface area contributed by atoms with Crippen LogP contribution in [0.4, 0.5) is 0 Å². The summed E-state index contributed by atoms with van der Waals surface area (Å²) >= 11 is 1.56. The SMILES string of the molecule is CC(Sc1nnc(-c2ccncc2)o1)c1ccccc1. The van der Waals surface area contributed by atoms with Gasteiger partial charge in [-0.1, -0.05) is 42.1 Å². The summed E-state index contributed by atoms with van der Waals surface area (Å²) in [5.74, 6) is 0.523. The Hall–Kier alpha value is -2.14. The molecule has 0 saturated carbocycles. The zero-order chi connectivity index (χ0) is 13.8. The van der Waals surface area contributed by atoms with Crippen LogP contribution in [-0.4, -0.2) is 15.2 Å². The fraction of sp³-hybridized carbons (Fsp3) is 0.133. The Bertz CT molecular complexity index is 670. The van der Waals surface area contributed by atoms with Gasteiger partial charge in [-0.2, -0.15) is 0 Å². The monoisotopic (exact) mass is 283 g/mol. The average molecular weight is 283 g/mol. The molecule has 1 atom stereocenters. The third-order valence-corrected chi connectivity index (χ3v) is 3.87. The second kappa shape index (κ2) is 5.88. The third-order valence-electron chi connectivity index (χ3n) is 2.88. The summed E-state index contributed by atoms with van der Waals surface area (Å²) in [5.41, 5.74) is 2.12. The van der Waals surface area contributed by atoms with E-state index in [2.05, 4.69) is 34.2 Å². The smallest absolute Gasteiger partial charge is 0.277 e. The van der Waals surface area contributed by atoms with Crippen LogP contribution in [0.2, 0.25) is 0 Å². The van der Waals surface area contributed by atoms with Crippen molar-refractivity contribution in [2.45, 2.75) is 17.4 Å². The molecule has 0 fully saturated rings. The van der Waals surface area contributed by atoms with Crippen molar-refractivity contribution in [2.75, 3.05) is 0 Å². The van der Waals surface area contributed by atoms with E-state index in [-0.39, 0.29) is 5.25 Å². The quantitative estimate of drug-likeness (QED) is 0.678. The summed E-state index contributed by atoms with van der Waals surface area (Å²) in [7, 11) is 0. The van der Waals surface area contributed by atoms with Crippen molar-refractivity contribution >= 4 is 11.8 Å². The maximum absolute atomic E-state index is 5.67. The fourth-order valence-electron chi connectivity index (χ4n) is 1.81. The molecule has 0 spiro atoms. The van der Waals surface area contributed by atoms with Gasteiger partial charge in [0.05, 0.1) is 0 Å². The molecule has 0 radical (unpaired) electrons. The molecule has 1 unspecified atom stereocenters. The predicted octanol–water partition coefficient (Wildman–Crippen LogP) is 3.98. The van der Waals surface area contributed by atoms with Crippen LogP contribution in [0.15, 0.2) is 64.5 Å². The van der Waals surface area contributed by atoms with Crippen LogP contribution in [0.1, 0.15) is 17.7 Å². The van der Waals surface area contributed by atoms with Crippen molar-refractivity contribution in [3.05, 3.63) is 60.4 Å². The number of thioether (sulfide) groups is 1. The molecule has 2 aromatic heterocycles. The lowest BCUT2D eigenvalue weighted by molar-refractivity contribution is 0.465. The van der Waals surface area contributed by atoms with E-state index < -0.39 is 0 Å². The lowest BCUT2D eigenvalue weighted by Crippen LogP contribution is -1.87. The van der Waals surface area contributed by atoms with E-state index in [0.29, 0.717) is 11.1 Å². The molecule has 2 heterocycles. The summed E-state index contributed by atoms with van der Waals surface area (Å²) < 4.78 is 5.67. The minimum absolute atomic E-state index is 0.266. The minimum Gasteiger partial charge on any atom is -0.411 e. The number of hydrogen-bond donors (Lipinski definition) is 0. The number of rotatable bonds is 4. The lowest BCUT2D eigenvalue weighted by atomic mass is 10.2. The molecule has 3 aromatic rings. The molecule has 100 valence electrons. The molecule has 20 heavy (non-hydrogen) atoms. The number of hydrogen-bond acceptors (Lipinski definition) is 5. The normalized spacial score (nSPS) is 12.2. The van der Waals surface area contributed by atoms with Crippen LogP contribution >= 0.6 is 11.8 Å². The first-order valence-electron chi connectivity index (χ1n) is 6.28. The molecule has 3 rings (SSSR count). The van der Waals surface area contributed by atoms with Gasteiger partial charge in [0.2, 0.25) is 5.89 Å². The molecule has 0 saturated heterocycles. The van der Waals surface area contributed by atoms with Gasteiger partial charge in [0.25, 0.3) is 5.22 Å². The lowest BCUT2D eigenvalue weighted by Gasteiger charge is -2.07. The van der Waals surface area contributed by atoms with Gasteiger partial charge in [0.15, 0.2) is 0 Å². The first kappa shape index (κ1) is 12.9. The molecule has 0 amide bonds. The van der Waals surface area contributed by atoms with Crippen molar-refractivity contribution in [3.63, 3.8) is 0 Å². The molecular weight excluding hydrogens is 270 g/mol. The van der Waals surface area contributed by atoms with E-state index in [1.54, 1.807) is 24.2 Å². The van der Waals surface area contributed by atoms with Crippen LogP contribution in [0.3, 0.4) is 0 Å². The first-order chi connectivity index (χ1) is 9.83. The Morgan fingerprint density at radius 2 is 1.75 bits per heavy atom. The van der Waals surface area contributed by atoms with Crippen molar-refractivity contribution in [1.29, 1.82) is 0 Å². The van der Waals surface area contributed by atoms with Gasteiger partial charge in [-0.05, 0) is 24.6 Å². The summed E-state index contributed by atoms with van der Waals surface area (Å²) in [6.45, 7) is 2.12. The Kier molecular flexibility index (Phi) is 3.78. The van der Waals surface area contributed by atoms with Gasteiger partial charge in [-0.15, -0.1) is 10.2 Å². The molecule has 0 aliphatic heterocycles. The predicted molar refractivity (Wildman–Crippen MR) is 78.2 cm³/mol. The highest BCUT2D eigenvalue weighted by Crippen LogP contribution is 2.34. The molecular formula is C15H13N3OS. The van der Waals surface area contributed by atoms with Gasteiger partial charge in [0, 0.05) is 23.2 Å². The molecule has 1 aromatic carbocycles. The van der Waals surface area contributed by atoms with E-state index in [4.69, 9.17) is 4.42 Å². The van der Waals surface area contributed by atoms with Gasteiger partial charge in [-0.25, -0.2) is 0 Å². The van der Waals surface area contributed by atoms with Crippen molar-refractivity contribution < 1.29 is 4.42 Å². The van der Waals surface area contributed by atoms with Crippen molar-refractivity contribution in [3.8, 4) is 11.5 Å². The standard InChI is InChI=1S/C15H13N3OS/c1-11(12-5-3-2-4-6-12)20-15-18-17-14(19-15)13-7-9-16-10-8-13/h2-11H,1H3. The van der Waals surface area contributed by atoms with Gasteiger partial charge >= 0.3 is 0 Å². The molecule has 5 heteroatoms. The number of benzene rings is 1. The maximum atomic E-state index is 5.67. The average Bonchev–Trinajstić information content (AvgIpc) is 2.97. The second-order valence-corrected chi connectivity index (χ2v) is 5.57. The van der Waals surface area contributed by atoms with Crippen LogP contribution < -0.4 is 0 Å². The fourth-order valence-corrected chi connectivity index (χ4v) is 2.62. The van der Waals surface area contributed by atoms with E-state index in [0.717, 1.165) is 5.56 Å². The molecule has 0 bridgehead atoms. The molecule has 0 N–H and O–H groups in total. The maximum Gasteiger partial charge on any atom is 0.277 e. The molecule has 0 aliphatic carbocycles. The summed E-state index contributed by atoms with van der Waals surface area (Å²) in [4.78, 5) is 3.97. The zero-order valence-corrected chi connectivity index (χ0v) is 11.7. The van der Waals surface area contributed by atoms with Crippen LogP contribution in [0.25, 0.3) is 11.5 Å². The highest BCUT2D eigenvalue weighted by atomic mass is 32.2. The van der Waals surface area contributed by atoms with E-state index in [1.165, 1.54) is 5.56 Å². The van der Waals surface area contributed by atoms with Gasteiger partial charge in [-0.3, -0.25) is 4.98 Å². The zero-order valence-electron chi connectivity index (χ0n) is 10.9. The third kappa shape index (κ3) is 2.88. The van der Waals surface area contributed by atoms with Gasteiger partial charge in [0.1, 0.15) is 0 Å². The number of pyridine rings is 1. The minimum atomic E-state index is 0.266. The number of aromatic nitrogens is 3. The van der Waals surface area contributed by atoms with Crippen molar-refractivity contribution in [2.24, 2.45) is 0 Å². The van der Waals surface area contributed by atoms with E-state index in [1.807, 2.05) is 30.3 Å². The Balaban J connectivity index is 1.75. The van der Waals surface area contributed by atoms with Gasteiger partial charge < -0.3 is 4.42 Å². The summed E-state index contributed by atoms with van der Waals surface area (Å²) in [6.07, 6.45) is 3.41. The topological polar surface area (TPSA) is 51.8 Å². The highest BCUT2D eigenvalue weighted by Gasteiger charge is 2.13. The summed E-state index contributed by atoms with van der Waals surface area (Å²) in [5, 5.41) is 8.99. The van der Waals surface area contributed by atoms with Crippen molar-refractivity contribution in [1.82, 2.24) is 15.2 Å². The molecule has 4 nitrogen and oxygen atoms in total. The van der Waals surface area contributed by atoms with Crippen LogP contribution in [0.5, 0.6) is 0 Å². The molecule has 0 aliphatic rings. The largest absolute Gasteiger partial charge is 0.411 e. The van der Waals surface area contributed by atoms with E-state index >= 15 is 0 Å². The highest BCUT2D eigenvalue weighted by molar-refractivity contribution is 7.99. The second-order valence-electron chi connectivity index (χ2n) is 4.28. The summed E-state index contributed by atoms with van der Waals surface area (Å²) in [6, 6.07) is 14.0. The van der Waals surface area contributed by atoms with Crippen LogP contribution in [-0.2, 0) is 0 Å². The van der Waals surface area contributed by atoms with Crippen LogP contribution in [0, 0.1) is 0 Å². The Labute approximate surface area is 121 Å². The first-order valence-corrected chi connectivity index (χ1v) is 7.16.